The van der Waals surface area contributed by atoms with E-state index in [4.69, 9.17) is 5.11 Å². The highest BCUT2D eigenvalue weighted by Gasteiger charge is 2.04. The van der Waals surface area contributed by atoms with Crippen LogP contribution in [0.3, 0.4) is 0 Å². The molecule has 1 aromatic heterocycles. The lowest BCUT2D eigenvalue weighted by Gasteiger charge is -2.09. The summed E-state index contributed by atoms with van der Waals surface area (Å²) in [4.78, 5) is 4.37. The zero-order chi connectivity index (χ0) is 13.9. The second-order valence-electron chi connectivity index (χ2n) is 4.51. The zero-order valence-electron chi connectivity index (χ0n) is 10.7. The Balaban J connectivity index is 1.85. The van der Waals surface area contributed by atoms with Gasteiger partial charge in [-0.15, -0.1) is 0 Å². The number of pyridine rings is 1. The van der Waals surface area contributed by atoms with Gasteiger partial charge in [0.1, 0.15) is 0 Å². The Kier molecular flexibility index (Phi) is 3.21. The van der Waals surface area contributed by atoms with Gasteiger partial charge in [0.05, 0.1) is 5.52 Å². The summed E-state index contributed by atoms with van der Waals surface area (Å²) in [7, 11) is 0. The molecule has 0 amide bonds. The van der Waals surface area contributed by atoms with Gasteiger partial charge in [-0.2, -0.15) is 0 Å². The van der Waals surface area contributed by atoms with Crippen LogP contribution in [0.1, 0.15) is 5.56 Å². The number of nitrogens with zero attached hydrogens (tertiary/aromatic N) is 1. The normalized spacial score (nSPS) is 10.7. The number of fused-ring (bicyclic) bond motifs is 1. The summed E-state index contributed by atoms with van der Waals surface area (Å²) in [6.07, 6.45) is 1.76. The predicted octanol–water partition coefficient (Wildman–Crippen LogP) is 3.69. The highest BCUT2D eigenvalue weighted by molar-refractivity contribution is 5.81. The first-order chi connectivity index (χ1) is 9.74. The fourth-order valence-corrected chi connectivity index (χ4v) is 2.12. The number of aromatic nitrogens is 1. The lowest BCUT2D eigenvalue weighted by Crippen LogP contribution is -2.01. The van der Waals surface area contributed by atoms with E-state index in [0.717, 1.165) is 16.5 Å². The Labute approximate surface area is 115 Å². The molecule has 0 saturated heterocycles. The monoisotopic (exact) mass is 268 g/mol. The molecule has 0 aliphatic carbocycles. The molecular weight excluding hydrogens is 255 g/mol. The van der Waals surface area contributed by atoms with Crippen molar-refractivity contribution in [2.75, 3.05) is 5.32 Å². The van der Waals surface area contributed by atoms with Crippen molar-refractivity contribution in [2.45, 2.75) is 6.54 Å². The summed E-state index contributed by atoms with van der Waals surface area (Å²) in [5.74, 6) is -0.978. The van der Waals surface area contributed by atoms with Crippen LogP contribution in [0, 0.1) is 5.82 Å². The number of para-hydroxylation sites is 1. The van der Waals surface area contributed by atoms with Gasteiger partial charge in [-0.05, 0) is 23.8 Å². The molecule has 0 bridgehead atoms. The first-order valence-corrected chi connectivity index (χ1v) is 6.29. The molecule has 0 aliphatic heterocycles. The van der Waals surface area contributed by atoms with Crippen molar-refractivity contribution in [1.29, 1.82) is 0 Å². The fourth-order valence-electron chi connectivity index (χ4n) is 2.12. The molecule has 0 saturated carbocycles. The third-order valence-corrected chi connectivity index (χ3v) is 3.15. The second-order valence-corrected chi connectivity index (χ2v) is 4.51. The Morgan fingerprint density at radius 1 is 1.10 bits per heavy atom. The van der Waals surface area contributed by atoms with Gasteiger partial charge in [-0.25, -0.2) is 4.39 Å². The molecule has 20 heavy (non-hydrogen) atoms. The Morgan fingerprint density at radius 3 is 2.80 bits per heavy atom. The average Bonchev–Trinajstić information content (AvgIpc) is 2.48. The first kappa shape index (κ1) is 12.4. The van der Waals surface area contributed by atoms with E-state index in [1.807, 2.05) is 30.3 Å². The van der Waals surface area contributed by atoms with Crippen LogP contribution in [0.4, 0.5) is 10.1 Å². The van der Waals surface area contributed by atoms with Crippen LogP contribution in [-0.4, -0.2) is 10.1 Å². The van der Waals surface area contributed by atoms with E-state index in [1.165, 1.54) is 12.1 Å². The van der Waals surface area contributed by atoms with Gasteiger partial charge in [0, 0.05) is 29.9 Å². The van der Waals surface area contributed by atoms with Crippen LogP contribution >= 0.6 is 0 Å². The van der Waals surface area contributed by atoms with Gasteiger partial charge in [-0.3, -0.25) is 4.98 Å². The molecule has 0 fully saturated rings. The number of rotatable bonds is 3. The van der Waals surface area contributed by atoms with Crippen LogP contribution in [0.2, 0.25) is 0 Å². The topological polar surface area (TPSA) is 45.1 Å². The largest absolute Gasteiger partial charge is 0.505 e. The molecule has 100 valence electrons. The molecule has 2 N–H and O–H groups in total. The fraction of sp³-hybridized carbons (Fsp3) is 0.0625. The Hall–Kier alpha value is -2.62. The van der Waals surface area contributed by atoms with Crippen LogP contribution in [0.25, 0.3) is 10.9 Å². The van der Waals surface area contributed by atoms with E-state index in [0.29, 0.717) is 12.2 Å². The molecular formula is C16H13FN2O. The standard InChI is InChI=1S/C16H13FN2O/c17-14-9-13(6-7-15(14)20)19-10-12-4-1-3-11-5-2-8-18-16(11)12/h1-9,19-20H,10H2. The number of hydrogen-bond donors (Lipinski definition) is 2. The van der Waals surface area contributed by atoms with Gasteiger partial charge in [0.15, 0.2) is 11.6 Å². The predicted molar refractivity (Wildman–Crippen MR) is 77.1 cm³/mol. The van der Waals surface area contributed by atoms with Crippen molar-refractivity contribution < 1.29 is 9.50 Å². The molecule has 1 heterocycles. The number of hydrogen-bond acceptors (Lipinski definition) is 3. The highest BCUT2D eigenvalue weighted by atomic mass is 19.1. The molecule has 4 heteroatoms. The molecule has 0 atom stereocenters. The SMILES string of the molecule is Oc1ccc(NCc2cccc3cccnc23)cc1F. The van der Waals surface area contributed by atoms with Crippen molar-refractivity contribution in [3.63, 3.8) is 0 Å². The van der Waals surface area contributed by atoms with Gasteiger partial charge in [0.25, 0.3) is 0 Å². The molecule has 0 radical (unpaired) electrons. The minimum atomic E-state index is -0.633. The van der Waals surface area contributed by atoms with E-state index < -0.39 is 5.82 Å². The number of anilines is 1. The molecule has 3 aromatic rings. The number of phenols is 1. The van der Waals surface area contributed by atoms with E-state index >= 15 is 0 Å². The van der Waals surface area contributed by atoms with Crippen molar-refractivity contribution in [2.24, 2.45) is 0 Å². The minimum Gasteiger partial charge on any atom is -0.505 e. The van der Waals surface area contributed by atoms with E-state index in [-0.39, 0.29) is 5.75 Å². The zero-order valence-corrected chi connectivity index (χ0v) is 10.7. The summed E-state index contributed by atoms with van der Waals surface area (Å²) < 4.78 is 13.3. The Morgan fingerprint density at radius 2 is 1.95 bits per heavy atom. The number of phenolic OH excluding ortho intramolecular Hbond substituents is 1. The van der Waals surface area contributed by atoms with Crippen LogP contribution in [0.5, 0.6) is 5.75 Å². The summed E-state index contributed by atoms with van der Waals surface area (Å²) >= 11 is 0. The van der Waals surface area contributed by atoms with E-state index in [1.54, 1.807) is 12.3 Å². The minimum absolute atomic E-state index is 0.345. The van der Waals surface area contributed by atoms with E-state index in [2.05, 4.69) is 10.3 Å². The van der Waals surface area contributed by atoms with Gasteiger partial charge < -0.3 is 10.4 Å². The number of nitrogens with one attached hydrogen (secondary N) is 1. The third kappa shape index (κ3) is 2.40. The lowest BCUT2D eigenvalue weighted by molar-refractivity contribution is 0.432. The molecule has 0 unspecified atom stereocenters. The van der Waals surface area contributed by atoms with Crippen LogP contribution < -0.4 is 5.32 Å². The van der Waals surface area contributed by atoms with E-state index in [9.17, 15) is 4.39 Å². The summed E-state index contributed by atoms with van der Waals surface area (Å²) in [6.45, 7) is 0.540. The number of aromatic hydroxyl groups is 1. The van der Waals surface area contributed by atoms with Crippen molar-refractivity contribution in [3.05, 3.63) is 66.1 Å². The summed E-state index contributed by atoms with van der Waals surface area (Å²) in [5, 5.41) is 13.4. The average molecular weight is 268 g/mol. The van der Waals surface area contributed by atoms with Crippen LogP contribution in [-0.2, 0) is 6.54 Å². The molecule has 0 aliphatic rings. The smallest absolute Gasteiger partial charge is 0.166 e. The summed E-state index contributed by atoms with van der Waals surface area (Å²) in [5.41, 5.74) is 2.59. The van der Waals surface area contributed by atoms with Gasteiger partial charge in [-0.1, -0.05) is 24.3 Å². The van der Waals surface area contributed by atoms with Crippen molar-refractivity contribution >= 4 is 16.6 Å². The maximum atomic E-state index is 13.3. The maximum Gasteiger partial charge on any atom is 0.166 e. The third-order valence-electron chi connectivity index (χ3n) is 3.15. The molecule has 3 rings (SSSR count). The highest BCUT2D eigenvalue weighted by Crippen LogP contribution is 2.21. The molecule has 0 spiro atoms. The van der Waals surface area contributed by atoms with Crippen molar-refractivity contribution in [1.82, 2.24) is 4.98 Å². The maximum absolute atomic E-state index is 13.3. The number of benzene rings is 2. The summed E-state index contributed by atoms with van der Waals surface area (Å²) in [6, 6.07) is 14.1. The number of halogens is 1. The lowest BCUT2D eigenvalue weighted by atomic mass is 10.1. The molecule has 3 nitrogen and oxygen atoms in total. The Bertz CT molecular complexity index is 753. The quantitative estimate of drug-likeness (QED) is 0.712. The van der Waals surface area contributed by atoms with Crippen molar-refractivity contribution in [3.8, 4) is 5.75 Å². The first-order valence-electron chi connectivity index (χ1n) is 6.29. The van der Waals surface area contributed by atoms with Gasteiger partial charge >= 0.3 is 0 Å². The second kappa shape index (κ2) is 5.17. The van der Waals surface area contributed by atoms with Crippen LogP contribution in [0.15, 0.2) is 54.7 Å². The molecule has 2 aromatic carbocycles. The van der Waals surface area contributed by atoms with Gasteiger partial charge in [0.2, 0.25) is 0 Å².